The van der Waals surface area contributed by atoms with E-state index in [9.17, 15) is 0 Å². The summed E-state index contributed by atoms with van der Waals surface area (Å²) in [7, 11) is 0. The third-order valence-corrected chi connectivity index (χ3v) is 5.26. The molecule has 148 valence electrons. The lowest BCUT2D eigenvalue weighted by Crippen LogP contribution is -2.17. The van der Waals surface area contributed by atoms with Crippen LogP contribution >= 0.6 is 23.2 Å². The molecule has 0 spiro atoms. The average molecular weight is 418 g/mol. The van der Waals surface area contributed by atoms with Gasteiger partial charge in [0.2, 0.25) is 0 Å². The summed E-state index contributed by atoms with van der Waals surface area (Å²) >= 11 is 12.1. The summed E-state index contributed by atoms with van der Waals surface area (Å²) < 4.78 is 11.6. The van der Waals surface area contributed by atoms with Gasteiger partial charge in [0.15, 0.2) is 0 Å². The van der Waals surface area contributed by atoms with Crippen LogP contribution in [0.25, 0.3) is 10.8 Å². The standard InChI is InChI=1S/C23H25Cl2NO2/c1-2-27-13-5-12-26-15-20-19-7-4-3-6-18(19)9-11-23(20)28-16-17-8-10-21(24)22(25)14-17/h3-4,6-11,14,26H,2,5,12-13,15-16H2,1H3. The van der Waals surface area contributed by atoms with Crippen LogP contribution in [0.2, 0.25) is 10.0 Å². The van der Waals surface area contributed by atoms with E-state index in [2.05, 4.69) is 35.6 Å². The lowest BCUT2D eigenvalue weighted by molar-refractivity contribution is 0.144. The zero-order valence-corrected chi connectivity index (χ0v) is 17.5. The number of ether oxygens (including phenoxy) is 2. The van der Waals surface area contributed by atoms with Gasteiger partial charge in [-0.2, -0.15) is 0 Å². The highest BCUT2D eigenvalue weighted by molar-refractivity contribution is 6.42. The maximum absolute atomic E-state index is 6.16. The highest BCUT2D eigenvalue weighted by Crippen LogP contribution is 2.29. The Morgan fingerprint density at radius 1 is 0.964 bits per heavy atom. The molecule has 0 aliphatic heterocycles. The molecule has 0 aliphatic carbocycles. The van der Waals surface area contributed by atoms with E-state index in [1.165, 1.54) is 10.8 Å². The Balaban J connectivity index is 1.73. The van der Waals surface area contributed by atoms with Crippen molar-refractivity contribution in [2.24, 2.45) is 0 Å². The van der Waals surface area contributed by atoms with Crippen molar-refractivity contribution < 1.29 is 9.47 Å². The van der Waals surface area contributed by atoms with E-state index >= 15 is 0 Å². The van der Waals surface area contributed by atoms with Crippen molar-refractivity contribution in [3.05, 3.63) is 75.8 Å². The van der Waals surface area contributed by atoms with Gasteiger partial charge in [0, 0.05) is 25.3 Å². The van der Waals surface area contributed by atoms with Crippen molar-refractivity contribution in [1.29, 1.82) is 0 Å². The number of fused-ring (bicyclic) bond motifs is 1. The molecule has 5 heteroatoms. The van der Waals surface area contributed by atoms with E-state index in [4.69, 9.17) is 32.7 Å². The van der Waals surface area contributed by atoms with Crippen LogP contribution in [0, 0.1) is 0 Å². The maximum Gasteiger partial charge on any atom is 0.124 e. The Bertz CT molecular complexity index is 914. The maximum atomic E-state index is 6.16. The molecule has 3 aromatic rings. The Morgan fingerprint density at radius 3 is 2.64 bits per heavy atom. The molecule has 3 aromatic carbocycles. The van der Waals surface area contributed by atoms with Gasteiger partial charge in [0.1, 0.15) is 12.4 Å². The van der Waals surface area contributed by atoms with E-state index in [1.807, 2.05) is 25.1 Å². The first-order valence-electron chi connectivity index (χ1n) is 9.55. The van der Waals surface area contributed by atoms with Gasteiger partial charge in [-0.1, -0.05) is 59.6 Å². The van der Waals surface area contributed by atoms with Crippen LogP contribution in [0.15, 0.2) is 54.6 Å². The molecule has 3 nitrogen and oxygen atoms in total. The first-order chi connectivity index (χ1) is 13.7. The summed E-state index contributed by atoms with van der Waals surface area (Å²) in [5.74, 6) is 0.877. The van der Waals surface area contributed by atoms with E-state index in [0.29, 0.717) is 16.7 Å². The van der Waals surface area contributed by atoms with Gasteiger partial charge in [0.05, 0.1) is 10.0 Å². The lowest BCUT2D eigenvalue weighted by atomic mass is 10.0. The third kappa shape index (κ3) is 5.62. The van der Waals surface area contributed by atoms with E-state index in [0.717, 1.165) is 49.6 Å². The monoisotopic (exact) mass is 417 g/mol. The highest BCUT2D eigenvalue weighted by Gasteiger charge is 2.10. The summed E-state index contributed by atoms with van der Waals surface area (Å²) in [6.45, 7) is 5.63. The van der Waals surface area contributed by atoms with Crippen LogP contribution in [-0.4, -0.2) is 19.8 Å². The number of hydrogen-bond acceptors (Lipinski definition) is 3. The largest absolute Gasteiger partial charge is 0.489 e. The molecule has 0 atom stereocenters. The molecule has 0 saturated heterocycles. The second kappa shape index (κ2) is 10.7. The fourth-order valence-corrected chi connectivity index (χ4v) is 3.40. The predicted octanol–water partition coefficient (Wildman–Crippen LogP) is 6.24. The first kappa shape index (κ1) is 20.9. The highest BCUT2D eigenvalue weighted by atomic mass is 35.5. The van der Waals surface area contributed by atoms with Crippen molar-refractivity contribution >= 4 is 34.0 Å². The molecule has 0 fully saturated rings. The van der Waals surface area contributed by atoms with Gasteiger partial charge in [-0.05, 0) is 54.4 Å². The van der Waals surface area contributed by atoms with Gasteiger partial charge in [-0.25, -0.2) is 0 Å². The van der Waals surface area contributed by atoms with E-state index < -0.39 is 0 Å². The number of nitrogens with one attached hydrogen (secondary N) is 1. The molecular weight excluding hydrogens is 393 g/mol. The van der Waals surface area contributed by atoms with Gasteiger partial charge < -0.3 is 14.8 Å². The fraction of sp³-hybridized carbons (Fsp3) is 0.304. The van der Waals surface area contributed by atoms with Crippen molar-refractivity contribution in [3.63, 3.8) is 0 Å². The lowest BCUT2D eigenvalue weighted by Gasteiger charge is -2.15. The van der Waals surface area contributed by atoms with Crippen LogP contribution in [0.5, 0.6) is 5.75 Å². The first-order valence-corrected chi connectivity index (χ1v) is 10.3. The molecule has 0 bridgehead atoms. The van der Waals surface area contributed by atoms with Gasteiger partial charge in [-0.3, -0.25) is 0 Å². The number of benzene rings is 3. The SMILES string of the molecule is CCOCCCNCc1c(OCc2ccc(Cl)c(Cl)c2)ccc2ccccc12. The second-order valence-electron chi connectivity index (χ2n) is 6.53. The predicted molar refractivity (Wildman–Crippen MR) is 118 cm³/mol. The van der Waals surface area contributed by atoms with Crippen LogP contribution in [0.4, 0.5) is 0 Å². The quantitative estimate of drug-likeness (QED) is 0.395. The molecule has 0 heterocycles. The van der Waals surface area contributed by atoms with Crippen LogP contribution in [0.3, 0.4) is 0 Å². The molecule has 1 N–H and O–H groups in total. The Labute approximate surface area is 176 Å². The summed E-state index contributed by atoms with van der Waals surface area (Å²) in [5.41, 5.74) is 2.15. The zero-order valence-electron chi connectivity index (χ0n) is 16.0. The average Bonchev–Trinajstić information content (AvgIpc) is 2.72. The zero-order chi connectivity index (χ0) is 19.8. The summed E-state index contributed by atoms with van der Waals surface area (Å²) in [4.78, 5) is 0. The summed E-state index contributed by atoms with van der Waals surface area (Å²) in [6.07, 6.45) is 0.984. The molecule has 0 aromatic heterocycles. The van der Waals surface area contributed by atoms with Crippen LogP contribution in [0.1, 0.15) is 24.5 Å². The Hall–Kier alpha value is -1.78. The van der Waals surface area contributed by atoms with Gasteiger partial charge in [-0.15, -0.1) is 0 Å². The number of hydrogen-bond donors (Lipinski definition) is 1. The second-order valence-corrected chi connectivity index (χ2v) is 7.34. The van der Waals surface area contributed by atoms with Crippen LogP contribution < -0.4 is 10.1 Å². The minimum Gasteiger partial charge on any atom is -0.489 e. The molecule has 0 saturated carbocycles. The molecule has 0 aliphatic rings. The Morgan fingerprint density at radius 2 is 1.82 bits per heavy atom. The normalized spacial score (nSPS) is 11.1. The van der Waals surface area contributed by atoms with Crippen molar-refractivity contribution in [2.75, 3.05) is 19.8 Å². The van der Waals surface area contributed by atoms with E-state index in [-0.39, 0.29) is 0 Å². The fourth-order valence-electron chi connectivity index (χ4n) is 3.08. The molecule has 0 radical (unpaired) electrons. The van der Waals surface area contributed by atoms with Crippen LogP contribution in [-0.2, 0) is 17.9 Å². The van der Waals surface area contributed by atoms with Crippen molar-refractivity contribution in [2.45, 2.75) is 26.5 Å². The van der Waals surface area contributed by atoms with Crippen molar-refractivity contribution in [1.82, 2.24) is 5.32 Å². The summed E-state index contributed by atoms with van der Waals surface area (Å²) in [5, 5.41) is 7.00. The van der Waals surface area contributed by atoms with Gasteiger partial charge >= 0.3 is 0 Å². The third-order valence-electron chi connectivity index (χ3n) is 4.52. The van der Waals surface area contributed by atoms with Gasteiger partial charge in [0.25, 0.3) is 0 Å². The summed E-state index contributed by atoms with van der Waals surface area (Å²) in [6, 6.07) is 18.1. The molecular formula is C23H25Cl2NO2. The van der Waals surface area contributed by atoms with Crippen molar-refractivity contribution in [3.8, 4) is 5.75 Å². The molecule has 0 amide bonds. The number of halogens is 2. The topological polar surface area (TPSA) is 30.5 Å². The smallest absolute Gasteiger partial charge is 0.124 e. The molecule has 3 rings (SSSR count). The molecule has 28 heavy (non-hydrogen) atoms. The minimum absolute atomic E-state index is 0.437. The number of rotatable bonds is 10. The Kier molecular flexibility index (Phi) is 7.99. The molecule has 0 unspecified atom stereocenters. The van der Waals surface area contributed by atoms with E-state index in [1.54, 1.807) is 6.07 Å². The minimum atomic E-state index is 0.437.